The molecule has 0 spiro atoms. The molecule has 3 N–H and O–H groups in total. The Labute approximate surface area is 233 Å². The average Bonchev–Trinajstić information content (AvgIpc) is 3.28. The van der Waals surface area contributed by atoms with Crippen molar-refractivity contribution in [2.24, 2.45) is 5.92 Å². The number of rotatable bonds is 9. The van der Waals surface area contributed by atoms with Crippen LogP contribution in [-0.2, 0) is 35.3 Å². The molecular weight excluding hydrogens is 543 g/mol. The van der Waals surface area contributed by atoms with E-state index in [0.29, 0.717) is 11.1 Å². The monoisotopic (exact) mass is 578 g/mol. The Bertz CT molecular complexity index is 1360. The molecule has 2 aromatic carbocycles. The molecule has 1 fully saturated rings. The Morgan fingerprint density at radius 2 is 1.80 bits per heavy atom. The fourth-order valence-corrected chi connectivity index (χ4v) is 7.20. The first kappa shape index (κ1) is 31.0. The number of benzene rings is 2. The second-order valence-corrected chi connectivity index (χ2v) is 12.7. The minimum absolute atomic E-state index is 0.0994. The quantitative estimate of drug-likeness (QED) is 0.381. The molecule has 1 aliphatic rings. The molecule has 1 saturated heterocycles. The van der Waals surface area contributed by atoms with E-state index in [1.54, 1.807) is 46.8 Å². The lowest BCUT2D eigenvalue weighted by atomic mass is 9.90. The van der Waals surface area contributed by atoms with Gasteiger partial charge in [0.2, 0.25) is 0 Å². The van der Waals surface area contributed by atoms with Gasteiger partial charge in [0.1, 0.15) is 17.5 Å². The smallest absolute Gasteiger partial charge is 0.408 e. The number of alkyl carbamates (subject to hydrolysis) is 1. The van der Waals surface area contributed by atoms with E-state index in [-0.39, 0.29) is 30.0 Å². The molecule has 0 saturated carbocycles. The van der Waals surface area contributed by atoms with Crippen LogP contribution in [0, 0.1) is 18.7 Å². The highest BCUT2D eigenvalue weighted by molar-refractivity contribution is 7.92. The number of carbonyl (C=O) groups is 3. The summed E-state index contributed by atoms with van der Waals surface area (Å²) >= 11 is 0. The van der Waals surface area contributed by atoms with Crippen LogP contribution in [0.4, 0.5) is 9.18 Å². The maximum Gasteiger partial charge on any atom is 0.408 e. The Kier molecular flexibility index (Phi) is 9.57. The van der Waals surface area contributed by atoms with Crippen LogP contribution in [0.3, 0.4) is 0 Å². The summed E-state index contributed by atoms with van der Waals surface area (Å²) in [5.74, 6) is -3.58. The summed E-state index contributed by atoms with van der Waals surface area (Å²) < 4.78 is 52.7. The number of halogens is 1. The van der Waals surface area contributed by atoms with Gasteiger partial charge in [0.15, 0.2) is 9.84 Å². The van der Waals surface area contributed by atoms with Crippen LogP contribution in [0.5, 0.6) is 0 Å². The van der Waals surface area contributed by atoms with Gasteiger partial charge in [-0.15, -0.1) is 0 Å². The van der Waals surface area contributed by atoms with Crippen molar-refractivity contribution in [2.75, 3.05) is 13.2 Å². The molecule has 40 heavy (non-hydrogen) atoms. The number of carbonyl (C=O) groups excluding carboxylic acids is 2. The normalized spacial score (nSPS) is 20.0. The molecule has 4 atom stereocenters. The lowest BCUT2D eigenvalue weighted by Crippen LogP contribution is -2.47. The number of esters is 1. The second kappa shape index (κ2) is 12.3. The summed E-state index contributed by atoms with van der Waals surface area (Å²) in [6.07, 6.45) is -1.18. The van der Waals surface area contributed by atoms with Gasteiger partial charge in [-0.2, -0.15) is 0 Å². The van der Waals surface area contributed by atoms with E-state index in [9.17, 15) is 32.3 Å². The molecule has 10 nitrogen and oxygen atoms in total. The van der Waals surface area contributed by atoms with Crippen LogP contribution in [-0.4, -0.2) is 61.6 Å². The van der Waals surface area contributed by atoms with E-state index < -0.39 is 62.5 Å². The summed E-state index contributed by atoms with van der Waals surface area (Å²) in [6, 6.07) is 6.98. The van der Waals surface area contributed by atoms with Crippen LogP contribution in [0.2, 0.25) is 0 Å². The van der Waals surface area contributed by atoms with Gasteiger partial charge < -0.3 is 25.2 Å². The molecule has 218 valence electrons. The number of hydrogen-bond donors (Lipinski definition) is 3. The van der Waals surface area contributed by atoms with Crippen molar-refractivity contribution in [2.45, 2.75) is 68.9 Å². The van der Waals surface area contributed by atoms with Gasteiger partial charge in [0.25, 0.3) is 0 Å². The molecule has 0 bridgehead atoms. The Morgan fingerprint density at radius 3 is 2.38 bits per heavy atom. The number of carboxylic acid groups (broad SMARTS) is 1. The van der Waals surface area contributed by atoms with Gasteiger partial charge in [-0.1, -0.05) is 29.8 Å². The van der Waals surface area contributed by atoms with Crippen molar-refractivity contribution in [3.8, 4) is 0 Å². The number of hydrogen-bond acceptors (Lipinski definition) is 8. The largest absolute Gasteiger partial charge is 0.480 e. The zero-order valence-corrected chi connectivity index (χ0v) is 23.9. The van der Waals surface area contributed by atoms with Crippen molar-refractivity contribution in [3.05, 3.63) is 65.0 Å². The van der Waals surface area contributed by atoms with E-state index in [1.807, 2.05) is 0 Å². The first-order chi connectivity index (χ1) is 18.6. The Hall–Kier alpha value is -3.51. The molecular formula is C28H35FN2O8S. The van der Waals surface area contributed by atoms with Crippen LogP contribution < -0.4 is 10.6 Å². The topological polar surface area (TPSA) is 148 Å². The van der Waals surface area contributed by atoms with Crippen molar-refractivity contribution >= 4 is 27.9 Å². The fraction of sp³-hybridized carbons (Fsp3) is 0.464. The Morgan fingerprint density at radius 1 is 1.15 bits per heavy atom. The van der Waals surface area contributed by atoms with E-state index >= 15 is 0 Å². The molecule has 1 amide bonds. The Balaban J connectivity index is 2.14. The summed E-state index contributed by atoms with van der Waals surface area (Å²) in [6.45, 7) is 8.36. The molecule has 0 unspecified atom stereocenters. The van der Waals surface area contributed by atoms with Gasteiger partial charge in [0, 0.05) is 12.5 Å². The van der Waals surface area contributed by atoms with Crippen LogP contribution in [0.1, 0.15) is 50.4 Å². The molecule has 3 rings (SSSR count). The number of aliphatic carboxylic acids is 1. The van der Waals surface area contributed by atoms with Gasteiger partial charge in [-0.05, 0) is 63.9 Å². The third-order valence-corrected chi connectivity index (χ3v) is 8.79. The highest BCUT2D eigenvalue weighted by Gasteiger charge is 2.52. The number of carboxylic acids is 1. The van der Waals surface area contributed by atoms with Crippen molar-refractivity contribution in [3.63, 3.8) is 0 Å². The predicted octanol–water partition coefficient (Wildman–Crippen LogP) is 3.32. The van der Waals surface area contributed by atoms with Gasteiger partial charge in [0.05, 0.1) is 29.2 Å². The maximum atomic E-state index is 14.3. The van der Waals surface area contributed by atoms with E-state index in [0.717, 1.165) is 12.1 Å². The summed E-state index contributed by atoms with van der Waals surface area (Å²) in [5.41, 5.74) is 0.363. The standard InChI is InChI=1S/C28H35FN2O8S/c1-6-38-22(32)14-18-13-16(2)7-12-21(18)40(36,37)25-20(15-30-24(25)26(33)34)23(17-8-10-19(29)11-9-17)31-27(35)39-28(3,4)5/h7-13,20,23-25,30H,6,14-15H2,1-5H3,(H,31,35)(H,33,34)/t20-,23+,24-,25-/m1/s1. The third-order valence-electron chi connectivity index (χ3n) is 6.44. The molecule has 0 aliphatic carbocycles. The number of amides is 1. The second-order valence-electron chi connectivity index (χ2n) is 10.7. The summed E-state index contributed by atoms with van der Waals surface area (Å²) in [7, 11) is -4.44. The van der Waals surface area contributed by atoms with Gasteiger partial charge in [-0.25, -0.2) is 17.6 Å². The van der Waals surface area contributed by atoms with E-state index in [2.05, 4.69) is 10.6 Å². The average molecular weight is 579 g/mol. The molecule has 1 heterocycles. The lowest BCUT2D eigenvalue weighted by Gasteiger charge is -2.31. The molecule has 0 radical (unpaired) electrons. The van der Waals surface area contributed by atoms with Crippen LogP contribution in [0.15, 0.2) is 47.4 Å². The first-order valence-electron chi connectivity index (χ1n) is 12.8. The number of sulfone groups is 1. The van der Waals surface area contributed by atoms with Crippen molar-refractivity contribution in [1.29, 1.82) is 0 Å². The van der Waals surface area contributed by atoms with Crippen molar-refractivity contribution in [1.82, 2.24) is 10.6 Å². The van der Waals surface area contributed by atoms with Crippen molar-refractivity contribution < 1.29 is 41.8 Å². The van der Waals surface area contributed by atoms with Crippen LogP contribution in [0.25, 0.3) is 0 Å². The van der Waals surface area contributed by atoms with Gasteiger partial charge in [-0.3, -0.25) is 9.59 Å². The molecule has 12 heteroatoms. The first-order valence-corrected chi connectivity index (χ1v) is 14.4. The maximum absolute atomic E-state index is 14.3. The molecule has 1 aliphatic heterocycles. The van der Waals surface area contributed by atoms with E-state index in [4.69, 9.17) is 9.47 Å². The van der Waals surface area contributed by atoms with Crippen LogP contribution >= 0.6 is 0 Å². The minimum atomic E-state index is -4.44. The summed E-state index contributed by atoms with van der Waals surface area (Å²) in [4.78, 5) is 37.2. The zero-order valence-electron chi connectivity index (χ0n) is 23.1. The summed E-state index contributed by atoms with van der Waals surface area (Å²) in [5, 5.41) is 13.9. The minimum Gasteiger partial charge on any atom is -0.480 e. The number of nitrogens with one attached hydrogen (secondary N) is 2. The number of aryl methyl sites for hydroxylation is 1. The van der Waals surface area contributed by atoms with E-state index in [1.165, 1.54) is 18.2 Å². The predicted molar refractivity (Wildman–Crippen MR) is 144 cm³/mol. The zero-order chi connectivity index (χ0) is 29.8. The fourth-order valence-electron chi connectivity index (χ4n) is 4.87. The molecule has 2 aromatic rings. The number of ether oxygens (including phenoxy) is 2. The van der Waals surface area contributed by atoms with Gasteiger partial charge >= 0.3 is 18.0 Å². The SMILES string of the molecule is CCOC(=O)Cc1cc(C)ccc1S(=O)(=O)[C@@H]1[C@@H]([C@@H](NC(=O)OC(C)(C)C)c2ccc(F)cc2)CN[C@H]1C(=O)O. The third kappa shape index (κ3) is 7.36. The highest BCUT2D eigenvalue weighted by atomic mass is 32.2. The highest BCUT2D eigenvalue weighted by Crippen LogP contribution is 2.38. The lowest BCUT2D eigenvalue weighted by molar-refractivity contribution is -0.142. The molecule has 0 aromatic heterocycles.